The number of fused-ring (bicyclic) bond motifs is 2. The van der Waals surface area contributed by atoms with Gasteiger partial charge in [-0.2, -0.15) is 0 Å². The molecular formula is C19H22N2O4. The van der Waals surface area contributed by atoms with Crippen molar-refractivity contribution in [3.8, 4) is 0 Å². The minimum absolute atomic E-state index is 0.0303. The summed E-state index contributed by atoms with van der Waals surface area (Å²) in [7, 11) is 3.38. The van der Waals surface area contributed by atoms with E-state index in [1.807, 2.05) is 24.3 Å². The molecule has 1 aliphatic heterocycles. The first-order valence-corrected chi connectivity index (χ1v) is 8.62. The number of nitrogens with zero attached hydrogens (tertiary/aromatic N) is 1. The molecule has 1 saturated carbocycles. The monoisotopic (exact) mass is 342 g/mol. The van der Waals surface area contributed by atoms with Crippen molar-refractivity contribution in [2.45, 2.75) is 18.6 Å². The number of ether oxygens (including phenoxy) is 2. The average Bonchev–Trinajstić information content (AvgIpc) is 3.05. The van der Waals surface area contributed by atoms with Gasteiger partial charge in [-0.25, -0.2) is 0 Å². The maximum absolute atomic E-state index is 12.9. The summed E-state index contributed by atoms with van der Waals surface area (Å²) in [5.74, 6) is 0.298. The molecule has 1 saturated heterocycles. The third-order valence-electron chi connectivity index (χ3n) is 5.58. The highest BCUT2D eigenvalue weighted by Crippen LogP contribution is 2.43. The van der Waals surface area contributed by atoms with Crippen LogP contribution in [0.25, 0.3) is 10.9 Å². The molecule has 0 spiro atoms. The lowest BCUT2D eigenvalue weighted by Gasteiger charge is -2.47. The molecule has 0 radical (unpaired) electrons. The quantitative estimate of drug-likeness (QED) is 0.910. The molecular weight excluding hydrogens is 320 g/mol. The largest absolute Gasteiger partial charge is 0.384 e. The third-order valence-corrected chi connectivity index (χ3v) is 5.58. The number of nitrogens with one attached hydrogen (secondary N) is 1. The van der Waals surface area contributed by atoms with Crippen LogP contribution in [0.2, 0.25) is 0 Å². The molecule has 4 rings (SSSR count). The maximum atomic E-state index is 12.9. The van der Waals surface area contributed by atoms with Crippen molar-refractivity contribution in [3.63, 3.8) is 0 Å². The molecule has 1 aromatic heterocycles. The van der Waals surface area contributed by atoms with E-state index in [0.717, 1.165) is 23.9 Å². The minimum atomic E-state index is -0.203. The number of aromatic nitrogens is 1. The number of para-hydroxylation sites is 1. The maximum Gasteiger partial charge on any atom is 0.252 e. The Kier molecular flexibility index (Phi) is 4.09. The highest BCUT2D eigenvalue weighted by atomic mass is 16.5. The molecule has 1 N–H and O–H groups in total. The number of carbonyl (C=O) groups excluding carboxylic acids is 1. The molecule has 4 atom stereocenters. The van der Waals surface area contributed by atoms with Crippen LogP contribution >= 0.6 is 0 Å². The molecule has 2 aromatic rings. The van der Waals surface area contributed by atoms with E-state index in [9.17, 15) is 9.59 Å². The van der Waals surface area contributed by atoms with Crippen molar-refractivity contribution >= 4 is 16.8 Å². The zero-order chi connectivity index (χ0) is 17.6. The SMILES string of the molecule is COC[C@H]1[C@@H](NC(=O)c2cc(=O)n(C)c3ccccc23)[C@@H]2CCO[C@@H]21. The standard InChI is InChI=1S/C19H22N2O4/c1-21-15-6-4-3-5-11(15)13(9-16(21)22)19(23)20-17-12-7-8-25-18(12)14(17)10-24-2/h3-6,9,12,14,17-18H,7-8,10H2,1-2H3,(H,20,23)/t12-,14-,17-,18-/m0/s1. The van der Waals surface area contributed by atoms with E-state index < -0.39 is 0 Å². The van der Waals surface area contributed by atoms with Gasteiger partial charge in [0.15, 0.2) is 0 Å². The van der Waals surface area contributed by atoms with Crippen LogP contribution in [0.15, 0.2) is 35.1 Å². The topological polar surface area (TPSA) is 69.6 Å². The Hall–Kier alpha value is -2.18. The molecule has 25 heavy (non-hydrogen) atoms. The molecule has 0 bridgehead atoms. The Bertz CT molecular complexity index is 875. The van der Waals surface area contributed by atoms with E-state index in [1.165, 1.54) is 6.07 Å². The van der Waals surface area contributed by atoms with Gasteiger partial charge in [-0.05, 0) is 12.5 Å². The summed E-state index contributed by atoms with van der Waals surface area (Å²) < 4.78 is 12.6. The molecule has 2 aliphatic rings. The Balaban J connectivity index is 1.65. The Labute approximate surface area is 145 Å². The van der Waals surface area contributed by atoms with Gasteiger partial charge in [0.1, 0.15) is 0 Å². The Morgan fingerprint density at radius 3 is 3.00 bits per heavy atom. The van der Waals surface area contributed by atoms with Crippen molar-refractivity contribution in [3.05, 3.63) is 46.2 Å². The van der Waals surface area contributed by atoms with E-state index in [2.05, 4.69) is 5.32 Å². The summed E-state index contributed by atoms with van der Waals surface area (Å²) in [6.07, 6.45) is 1.12. The summed E-state index contributed by atoms with van der Waals surface area (Å²) >= 11 is 0. The highest BCUT2D eigenvalue weighted by Gasteiger charge is 2.54. The number of amides is 1. The third kappa shape index (κ3) is 2.56. The fourth-order valence-electron chi connectivity index (χ4n) is 4.26. The Morgan fingerprint density at radius 1 is 1.40 bits per heavy atom. The fourth-order valence-corrected chi connectivity index (χ4v) is 4.26. The number of carbonyl (C=O) groups is 1. The summed E-state index contributed by atoms with van der Waals surface area (Å²) in [6, 6.07) is 8.92. The van der Waals surface area contributed by atoms with Gasteiger partial charge in [0.2, 0.25) is 0 Å². The van der Waals surface area contributed by atoms with Crippen molar-refractivity contribution in [2.24, 2.45) is 18.9 Å². The molecule has 132 valence electrons. The van der Waals surface area contributed by atoms with E-state index in [0.29, 0.717) is 18.1 Å². The first-order chi connectivity index (χ1) is 12.1. The molecule has 0 unspecified atom stereocenters. The second kappa shape index (κ2) is 6.28. The lowest BCUT2D eigenvalue weighted by molar-refractivity contribution is -0.0809. The minimum Gasteiger partial charge on any atom is -0.384 e. The van der Waals surface area contributed by atoms with E-state index in [4.69, 9.17) is 9.47 Å². The second-order valence-corrected chi connectivity index (χ2v) is 6.88. The van der Waals surface area contributed by atoms with Crippen LogP contribution in [0.5, 0.6) is 0 Å². The number of hydrogen-bond donors (Lipinski definition) is 1. The first kappa shape index (κ1) is 16.3. The molecule has 1 amide bonds. The molecule has 6 nitrogen and oxygen atoms in total. The molecule has 6 heteroatoms. The average molecular weight is 342 g/mol. The highest BCUT2D eigenvalue weighted by molar-refractivity contribution is 6.06. The van der Waals surface area contributed by atoms with Crippen LogP contribution in [0.1, 0.15) is 16.8 Å². The van der Waals surface area contributed by atoms with Crippen LogP contribution in [0.4, 0.5) is 0 Å². The number of pyridine rings is 1. The number of benzene rings is 1. The van der Waals surface area contributed by atoms with Gasteiger partial charge in [-0.3, -0.25) is 9.59 Å². The lowest BCUT2D eigenvalue weighted by atomic mass is 9.67. The van der Waals surface area contributed by atoms with Gasteiger partial charge >= 0.3 is 0 Å². The van der Waals surface area contributed by atoms with Crippen molar-refractivity contribution in [1.29, 1.82) is 0 Å². The van der Waals surface area contributed by atoms with Crippen LogP contribution in [-0.2, 0) is 16.5 Å². The predicted molar refractivity (Wildman–Crippen MR) is 93.7 cm³/mol. The fraction of sp³-hybridized carbons (Fsp3) is 0.474. The van der Waals surface area contributed by atoms with E-state index in [1.54, 1.807) is 18.7 Å². The van der Waals surface area contributed by atoms with Gasteiger partial charge in [0.05, 0.1) is 23.8 Å². The molecule has 1 aromatic carbocycles. The van der Waals surface area contributed by atoms with Gasteiger partial charge < -0.3 is 19.4 Å². The normalized spacial score (nSPS) is 27.8. The smallest absolute Gasteiger partial charge is 0.252 e. The van der Waals surface area contributed by atoms with E-state index >= 15 is 0 Å². The summed E-state index contributed by atoms with van der Waals surface area (Å²) in [6.45, 7) is 1.29. The van der Waals surface area contributed by atoms with Crippen molar-refractivity contribution in [2.75, 3.05) is 20.3 Å². The zero-order valence-electron chi connectivity index (χ0n) is 14.4. The van der Waals surface area contributed by atoms with Crippen molar-refractivity contribution < 1.29 is 14.3 Å². The molecule has 1 aliphatic carbocycles. The summed E-state index contributed by atoms with van der Waals surface area (Å²) in [4.78, 5) is 25.1. The lowest BCUT2D eigenvalue weighted by Crippen LogP contribution is -2.62. The number of hydrogen-bond acceptors (Lipinski definition) is 4. The Morgan fingerprint density at radius 2 is 2.20 bits per heavy atom. The second-order valence-electron chi connectivity index (χ2n) is 6.88. The van der Waals surface area contributed by atoms with Gasteiger partial charge in [0.25, 0.3) is 11.5 Å². The summed E-state index contributed by atoms with van der Waals surface area (Å²) in [5, 5.41) is 3.91. The molecule has 2 heterocycles. The van der Waals surface area contributed by atoms with Crippen LogP contribution in [0, 0.1) is 11.8 Å². The van der Waals surface area contributed by atoms with Crippen LogP contribution < -0.4 is 10.9 Å². The number of rotatable bonds is 4. The number of aryl methyl sites for hydroxylation is 1. The zero-order valence-corrected chi connectivity index (χ0v) is 14.4. The van der Waals surface area contributed by atoms with Crippen LogP contribution in [-0.4, -0.2) is 42.9 Å². The van der Waals surface area contributed by atoms with Crippen molar-refractivity contribution in [1.82, 2.24) is 9.88 Å². The first-order valence-electron chi connectivity index (χ1n) is 8.62. The number of methoxy groups -OCH3 is 1. The van der Waals surface area contributed by atoms with Gasteiger partial charge in [-0.15, -0.1) is 0 Å². The van der Waals surface area contributed by atoms with Gasteiger partial charge in [0, 0.05) is 50.1 Å². The summed E-state index contributed by atoms with van der Waals surface area (Å²) in [5.41, 5.74) is 0.995. The van der Waals surface area contributed by atoms with E-state index in [-0.39, 0.29) is 29.5 Å². The predicted octanol–water partition coefficient (Wildman–Crippen LogP) is 1.32. The molecule has 2 fully saturated rings. The van der Waals surface area contributed by atoms with Gasteiger partial charge in [-0.1, -0.05) is 18.2 Å². The van der Waals surface area contributed by atoms with Crippen LogP contribution in [0.3, 0.4) is 0 Å².